The molecule has 0 aliphatic heterocycles. The van der Waals surface area contributed by atoms with Crippen LogP contribution in [0, 0.1) is 35.0 Å². The molecule has 128 valence electrons. The van der Waals surface area contributed by atoms with Crippen LogP contribution in [0.25, 0.3) is 0 Å². The van der Waals surface area contributed by atoms with Crippen LogP contribution in [0.15, 0.2) is 30.3 Å². The lowest BCUT2D eigenvalue weighted by molar-refractivity contribution is -0.101. The van der Waals surface area contributed by atoms with Gasteiger partial charge in [0.1, 0.15) is 12.2 Å². The number of rotatable bonds is 4. The van der Waals surface area contributed by atoms with Gasteiger partial charge in [0.05, 0.1) is 0 Å². The van der Waals surface area contributed by atoms with Gasteiger partial charge in [-0.1, -0.05) is 42.2 Å². The van der Waals surface area contributed by atoms with Gasteiger partial charge < -0.3 is 10.2 Å². The van der Waals surface area contributed by atoms with Crippen LogP contribution in [-0.4, -0.2) is 22.4 Å². The first-order chi connectivity index (χ1) is 11.6. The predicted molar refractivity (Wildman–Crippen MR) is 95.2 cm³/mol. The number of aliphatic hydroxyl groups excluding tert-OH is 2. The van der Waals surface area contributed by atoms with Gasteiger partial charge >= 0.3 is 0 Å². The van der Waals surface area contributed by atoms with Crippen molar-refractivity contribution < 1.29 is 10.2 Å². The Kier molecular flexibility index (Phi) is 4.41. The highest BCUT2D eigenvalue weighted by atomic mass is 16.3. The zero-order chi connectivity index (χ0) is 16.6. The molecule has 0 amide bonds. The van der Waals surface area contributed by atoms with Crippen molar-refractivity contribution in [3.05, 3.63) is 35.9 Å². The number of aryl methyl sites for hydroxylation is 1. The normalized spacial score (nSPS) is 36.0. The number of hydrogen-bond acceptors (Lipinski definition) is 2. The van der Waals surface area contributed by atoms with Crippen LogP contribution in [0.3, 0.4) is 0 Å². The monoisotopic (exact) mass is 324 g/mol. The largest absolute Gasteiger partial charge is 0.380 e. The fraction of sp³-hybridized carbons (Fsp3) is 0.636. The van der Waals surface area contributed by atoms with Crippen LogP contribution < -0.4 is 0 Å². The Bertz CT molecular complexity index is 589. The van der Waals surface area contributed by atoms with Crippen molar-refractivity contribution >= 4 is 0 Å². The summed E-state index contributed by atoms with van der Waals surface area (Å²) in [7, 11) is 0. The SMILES string of the molecule is OC(C#CC(O)C12CC3CC(CC(C3)C1)C2)CCc1ccccc1. The van der Waals surface area contributed by atoms with Crippen molar-refractivity contribution in [2.24, 2.45) is 23.2 Å². The van der Waals surface area contributed by atoms with Gasteiger partial charge in [-0.05, 0) is 74.7 Å². The first-order valence-corrected chi connectivity index (χ1v) is 9.54. The van der Waals surface area contributed by atoms with Gasteiger partial charge in [-0.25, -0.2) is 0 Å². The molecule has 0 aromatic heterocycles. The molecular formula is C22H28O2. The average Bonchev–Trinajstić information content (AvgIpc) is 2.57. The third-order valence-corrected chi connectivity index (χ3v) is 6.60. The van der Waals surface area contributed by atoms with Crippen molar-refractivity contribution in [1.82, 2.24) is 0 Å². The van der Waals surface area contributed by atoms with Gasteiger partial charge in [0, 0.05) is 5.41 Å². The first kappa shape index (κ1) is 16.2. The fourth-order valence-electron chi connectivity index (χ4n) is 5.86. The minimum absolute atomic E-state index is 0.0287. The third kappa shape index (κ3) is 3.25. The molecule has 4 aliphatic carbocycles. The zero-order valence-electron chi connectivity index (χ0n) is 14.3. The smallest absolute Gasteiger partial charge is 0.120 e. The molecule has 4 saturated carbocycles. The number of hydrogen-bond donors (Lipinski definition) is 2. The maximum absolute atomic E-state index is 10.8. The van der Waals surface area contributed by atoms with Crippen LogP contribution in [0.2, 0.25) is 0 Å². The Hall–Kier alpha value is -1.30. The average molecular weight is 324 g/mol. The molecule has 0 radical (unpaired) electrons. The summed E-state index contributed by atoms with van der Waals surface area (Å²) in [6.45, 7) is 0. The van der Waals surface area contributed by atoms with Crippen molar-refractivity contribution in [3.63, 3.8) is 0 Å². The summed E-state index contributed by atoms with van der Waals surface area (Å²) in [6.07, 6.45) is 7.82. The summed E-state index contributed by atoms with van der Waals surface area (Å²) in [5.41, 5.74) is 1.25. The molecule has 0 spiro atoms. The molecule has 4 bridgehead atoms. The Morgan fingerprint density at radius 2 is 1.50 bits per heavy atom. The standard InChI is InChI=1S/C22H28O2/c23-20(7-6-16-4-2-1-3-5-16)8-9-21(24)22-13-17-10-18(14-22)12-19(11-17)15-22/h1-5,17-21,23-24H,6-7,10-15H2. The Balaban J connectivity index is 1.36. The number of aliphatic hydroxyl groups is 2. The molecule has 0 saturated heterocycles. The second-order valence-electron chi connectivity index (χ2n) is 8.51. The molecule has 2 atom stereocenters. The maximum atomic E-state index is 10.8. The van der Waals surface area contributed by atoms with E-state index in [0.29, 0.717) is 6.42 Å². The quantitative estimate of drug-likeness (QED) is 0.832. The van der Waals surface area contributed by atoms with E-state index in [-0.39, 0.29) is 5.41 Å². The van der Waals surface area contributed by atoms with Gasteiger partial charge in [-0.3, -0.25) is 0 Å². The Morgan fingerprint density at radius 3 is 2.08 bits per heavy atom. The Labute approximate surface area is 145 Å². The predicted octanol–water partition coefficient (Wildman–Crippen LogP) is 3.56. The molecule has 1 aromatic rings. The van der Waals surface area contributed by atoms with E-state index >= 15 is 0 Å². The van der Waals surface area contributed by atoms with E-state index in [2.05, 4.69) is 24.0 Å². The van der Waals surface area contributed by atoms with E-state index in [1.165, 1.54) is 24.8 Å². The molecular weight excluding hydrogens is 296 g/mol. The molecule has 2 nitrogen and oxygen atoms in total. The van der Waals surface area contributed by atoms with Gasteiger partial charge in [-0.15, -0.1) is 0 Å². The highest BCUT2D eigenvalue weighted by molar-refractivity contribution is 5.19. The van der Waals surface area contributed by atoms with Gasteiger partial charge in [0.15, 0.2) is 0 Å². The van der Waals surface area contributed by atoms with E-state index in [4.69, 9.17) is 0 Å². The van der Waals surface area contributed by atoms with Crippen LogP contribution in [0.1, 0.15) is 50.5 Å². The van der Waals surface area contributed by atoms with Crippen LogP contribution in [0.5, 0.6) is 0 Å². The van der Waals surface area contributed by atoms with Gasteiger partial charge in [0.25, 0.3) is 0 Å². The van der Waals surface area contributed by atoms with Crippen molar-refractivity contribution in [2.75, 3.05) is 0 Å². The second-order valence-corrected chi connectivity index (χ2v) is 8.51. The number of benzene rings is 1. The minimum Gasteiger partial charge on any atom is -0.380 e. The molecule has 1 aromatic carbocycles. The van der Waals surface area contributed by atoms with Crippen molar-refractivity contribution in [2.45, 2.75) is 63.6 Å². The molecule has 2 heteroatoms. The lowest BCUT2D eigenvalue weighted by Crippen LogP contribution is -2.51. The van der Waals surface area contributed by atoms with E-state index < -0.39 is 12.2 Å². The summed E-state index contributed by atoms with van der Waals surface area (Å²) in [4.78, 5) is 0. The van der Waals surface area contributed by atoms with E-state index in [1.54, 1.807) is 0 Å². The van der Waals surface area contributed by atoms with E-state index in [0.717, 1.165) is 43.4 Å². The molecule has 24 heavy (non-hydrogen) atoms. The minimum atomic E-state index is -0.645. The molecule has 4 fully saturated rings. The van der Waals surface area contributed by atoms with Gasteiger partial charge in [0.2, 0.25) is 0 Å². The van der Waals surface area contributed by atoms with Crippen LogP contribution >= 0.6 is 0 Å². The van der Waals surface area contributed by atoms with Crippen LogP contribution in [0.4, 0.5) is 0 Å². The van der Waals surface area contributed by atoms with Crippen molar-refractivity contribution in [3.8, 4) is 11.8 Å². The summed E-state index contributed by atoms with van der Waals surface area (Å²) in [6, 6.07) is 10.2. The third-order valence-electron chi connectivity index (χ3n) is 6.60. The molecule has 2 unspecified atom stereocenters. The molecule has 5 rings (SSSR count). The van der Waals surface area contributed by atoms with E-state index in [9.17, 15) is 10.2 Å². The Morgan fingerprint density at radius 1 is 0.917 bits per heavy atom. The maximum Gasteiger partial charge on any atom is 0.120 e. The lowest BCUT2D eigenvalue weighted by atomic mass is 9.48. The van der Waals surface area contributed by atoms with Gasteiger partial charge in [-0.2, -0.15) is 0 Å². The summed E-state index contributed by atoms with van der Waals surface area (Å²) in [5.74, 6) is 8.41. The fourth-order valence-corrected chi connectivity index (χ4v) is 5.86. The van der Waals surface area contributed by atoms with E-state index in [1.807, 2.05) is 18.2 Å². The first-order valence-electron chi connectivity index (χ1n) is 9.54. The molecule has 0 heterocycles. The highest BCUT2D eigenvalue weighted by Crippen LogP contribution is 2.61. The topological polar surface area (TPSA) is 40.5 Å². The zero-order valence-corrected chi connectivity index (χ0v) is 14.3. The summed E-state index contributed by atoms with van der Waals surface area (Å²) >= 11 is 0. The second kappa shape index (κ2) is 6.54. The summed E-state index contributed by atoms with van der Waals surface area (Å²) in [5, 5.41) is 20.9. The lowest BCUT2D eigenvalue weighted by Gasteiger charge is -2.57. The van der Waals surface area contributed by atoms with Crippen LogP contribution in [-0.2, 0) is 6.42 Å². The molecule has 2 N–H and O–H groups in total. The summed E-state index contributed by atoms with van der Waals surface area (Å²) < 4.78 is 0. The molecule has 4 aliphatic rings. The highest BCUT2D eigenvalue weighted by Gasteiger charge is 2.53. The van der Waals surface area contributed by atoms with Crippen molar-refractivity contribution in [1.29, 1.82) is 0 Å².